The number of rotatable bonds is 6. The third-order valence-electron chi connectivity index (χ3n) is 5.79. The molecule has 2 N–H and O–H groups in total. The summed E-state index contributed by atoms with van der Waals surface area (Å²) in [7, 11) is 1.67. The van der Waals surface area contributed by atoms with E-state index in [-0.39, 0.29) is 6.04 Å². The average Bonchev–Trinajstić information content (AvgIpc) is 3.10. The van der Waals surface area contributed by atoms with Gasteiger partial charge in [-0.25, -0.2) is 0 Å². The van der Waals surface area contributed by atoms with Crippen molar-refractivity contribution in [1.82, 2.24) is 15.2 Å². The van der Waals surface area contributed by atoms with Crippen molar-refractivity contribution >= 4 is 22.6 Å². The molecule has 0 atom stereocenters. The average molecular weight is 405 g/mol. The topological polar surface area (TPSA) is 74.4 Å². The second-order valence-corrected chi connectivity index (χ2v) is 7.88. The first-order valence-corrected chi connectivity index (χ1v) is 10.3. The summed E-state index contributed by atoms with van der Waals surface area (Å²) in [4.78, 5) is 31.0. The molecule has 0 saturated carbocycles. The van der Waals surface area contributed by atoms with E-state index in [9.17, 15) is 9.59 Å². The number of ether oxygens (including phenoxy) is 1. The number of amides is 1. The number of H-pyrrole nitrogens is 1. The molecule has 6 heteroatoms. The molecule has 2 heterocycles. The second-order valence-electron chi connectivity index (χ2n) is 7.88. The number of hydrogen-bond acceptors (Lipinski definition) is 4. The summed E-state index contributed by atoms with van der Waals surface area (Å²) < 4.78 is 5.29. The first kappa shape index (κ1) is 20.2. The van der Waals surface area contributed by atoms with Gasteiger partial charge in [-0.2, -0.15) is 0 Å². The lowest BCUT2D eigenvalue weighted by atomic mass is 10.0. The summed E-state index contributed by atoms with van der Waals surface area (Å²) >= 11 is 0. The van der Waals surface area contributed by atoms with Crippen LogP contribution in [0.5, 0.6) is 5.75 Å². The van der Waals surface area contributed by atoms with Gasteiger partial charge in [-0.15, -0.1) is 0 Å². The fourth-order valence-electron chi connectivity index (χ4n) is 4.20. The molecule has 1 fully saturated rings. The van der Waals surface area contributed by atoms with E-state index in [0.717, 1.165) is 54.8 Å². The van der Waals surface area contributed by atoms with Crippen molar-refractivity contribution in [3.8, 4) is 5.75 Å². The van der Waals surface area contributed by atoms with E-state index in [1.165, 1.54) is 5.56 Å². The number of aromatic nitrogens is 1. The number of hydrogen-bond donors (Lipinski definition) is 2. The molecule has 30 heavy (non-hydrogen) atoms. The van der Waals surface area contributed by atoms with Crippen LogP contribution in [0.1, 0.15) is 34.5 Å². The Labute approximate surface area is 176 Å². The second kappa shape index (κ2) is 8.71. The van der Waals surface area contributed by atoms with Crippen LogP contribution < -0.4 is 10.1 Å². The predicted molar refractivity (Wildman–Crippen MR) is 117 cm³/mol. The number of Topliss-reactive ketones (excluding diaryl/α,β-unsaturated/α-hetero) is 1. The molecular formula is C24H27N3O3. The van der Waals surface area contributed by atoms with Crippen LogP contribution in [0.3, 0.4) is 0 Å². The number of para-hydroxylation sites is 1. The van der Waals surface area contributed by atoms with Crippen molar-refractivity contribution in [2.24, 2.45) is 0 Å². The summed E-state index contributed by atoms with van der Waals surface area (Å²) in [5.41, 5.74) is 3.28. The molecule has 1 aromatic heterocycles. The third-order valence-corrected chi connectivity index (χ3v) is 5.79. The Morgan fingerprint density at radius 1 is 1.13 bits per heavy atom. The molecular weight excluding hydrogens is 378 g/mol. The minimum absolute atomic E-state index is 0.0218. The quantitative estimate of drug-likeness (QED) is 0.487. The smallest absolute Gasteiger partial charge is 0.292 e. The predicted octanol–water partition coefficient (Wildman–Crippen LogP) is 3.45. The SMILES string of the molecule is COc1cccc(CN2CCC(NC(=O)C(=O)c3c(C)[nH]c4ccccc34)CC2)c1. The fourth-order valence-corrected chi connectivity index (χ4v) is 4.20. The highest BCUT2D eigenvalue weighted by Crippen LogP contribution is 2.23. The molecule has 1 amide bonds. The summed E-state index contributed by atoms with van der Waals surface area (Å²) in [6.45, 7) is 4.44. The van der Waals surface area contributed by atoms with Crippen molar-refractivity contribution < 1.29 is 14.3 Å². The van der Waals surface area contributed by atoms with Gasteiger partial charge in [-0.1, -0.05) is 30.3 Å². The van der Waals surface area contributed by atoms with Gasteiger partial charge in [0.1, 0.15) is 5.75 Å². The molecule has 3 aromatic rings. The van der Waals surface area contributed by atoms with E-state index >= 15 is 0 Å². The number of fused-ring (bicyclic) bond motifs is 1. The van der Waals surface area contributed by atoms with E-state index in [1.807, 2.05) is 43.3 Å². The molecule has 2 aromatic carbocycles. The number of carbonyl (C=O) groups excluding carboxylic acids is 2. The van der Waals surface area contributed by atoms with Crippen LogP contribution in [0.4, 0.5) is 0 Å². The molecule has 1 saturated heterocycles. The number of aromatic amines is 1. The Bertz CT molecular complexity index is 1060. The normalized spacial score (nSPS) is 15.3. The Balaban J connectivity index is 1.34. The Kier molecular flexibility index (Phi) is 5.86. The maximum absolute atomic E-state index is 12.8. The van der Waals surface area contributed by atoms with Gasteiger partial charge in [0.2, 0.25) is 0 Å². The number of nitrogens with zero attached hydrogens (tertiary/aromatic N) is 1. The number of aryl methyl sites for hydroxylation is 1. The standard InChI is InChI=1S/C24H27N3O3/c1-16-22(20-8-3-4-9-21(20)25-16)23(28)24(29)26-18-10-12-27(13-11-18)15-17-6-5-7-19(14-17)30-2/h3-9,14,18,25H,10-13,15H2,1-2H3,(H,26,29). The van der Waals surface area contributed by atoms with Gasteiger partial charge in [0.15, 0.2) is 0 Å². The minimum atomic E-state index is -0.519. The first-order chi connectivity index (χ1) is 14.5. The monoisotopic (exact) mass is 405 g/mol. The van der Waals surface area contributed by atoms with Gasteiger partial charge < -0.3 is 15.0 Å². The summed E-state index contributed by atoms with van der Waals surface area (Å²) in [6, 6.07) is 15.7. The molecule has 1 aliphatic heterocycles. The van der Waals surface area contributed by atoms with E-state index in [1.54, 1.807) is 7.11 Å². The minimum Gasteiger partial charge on any atom is -0.497 e. The zero-order chi connectivity index (χ0) is 21.1. The van der Waals surface area contributed by atoms with Crippen molar-refractivity contribution in [3.05, 3.63) is 65.4 Å². The molecule has 6 nitrogen and oxygen atoms in total. The van der Waals surface area contributed by atoms with Gasteiger partial charge in [0.25, 0.3) is 11.7 Å². The molecule has 0 aliphatic carbocycles. The lowest BCUT2D eigenvalue weighted by Crippen LogP contribution is -2.46. The van der Waals surface area contributed by atoms with Crippen LogP contribution in [-0.2, 0) is 11.3 Å². The van der Waals surface area contributed by atoms with Gasteiger partial charge in [-0.3, -0.25) is 14.5 Å². The van der Waals surface area contributed by atoms with Crippen molar-refractivity contribution in [2.45, 2.75) is 32.4 Å². The number of methoxy groups -OCH3 is 1. The fraction of sp³-hybridized carbons (Fsp3) is 0.333. The van der Waals surface area contributed by atoms with Gasteiger partial charge in [0, 0.05) is 42.3 Å². The van der Waals surface area contributed by atoms with E-state index < -0.39 is 11.7 Å². The molecule has 4 rings (SSSR count). The van der Waals surface area contributed by atoms with Crippen molar-refractivity contribution in [1.29, 1.82) is 0 Å². The first-order valence-electron chi connectivity index (χ1n) is 10.3. The maximum atomic E-state index is 12.8. The largest absolute Gasteiger partial charge is 0.497 e. The van der Waals surface area contributed by atoms with Crippen LogP contribution in [0, 0.1) is 6.92 Å². The highest BCUT2D eigenvalue weighted by Gasteiger charge is 2.26. The number of ketones is 1. The van der Waals surface area contributed by atoms with Gasteiger partial charge >= 0.3 is 0 Å². The number of nitrogens with one attached hydrogen (secondary N) is 2. The maximum Gasteiger partial charge on any atom is 0.292 e. The van der Waals surface area contributed by atoms with Crippen LogP contribution in [-0.4, -0.2) is 47.8 Å². The molecule has 0 radical (unpaired) electrons. The highest BCUT2D eigenvalue weighted by atomic mass is 16.5. The van der Waals surface area contributed by atoms with Crippen molar-refractivity contribution in [3.63, 3.8) is 0 Å². The zero-order valence-corrected chi connectivity index (χ0v) is 17.4. The van der Waals surface area contributed by atoms with Gasteiger partial charge in [0.05, 0.1) is 12.7 Å². The third kappa shape index (κ3) is 4.24. The Morgan fingerprint density at radius 3 is 2.67 bits per heavy atom. The van der Waals surface area contributed by atoms with Crippen LogP contribution in [0.2, 0.25) is 0 Å². The van der Waals surface area contributed by atoms with Crippen LogP contribution in [0.25, 0.3) is 10.9 Å². The lowest BCUT2D eigenvalue weighted by Gasteiger charge is -2.32. The summed E-state index contributed by atoms with van der Waals surface area (Å²) in [5, 5.41) is 3.75. The molecule has 1 aliphatic rings. The number of likely N-dealkylation sites (tertiary alicyclic amines) is 1. The molecule has 156 valence electrons. The zero-order valence-electron chi connectivity index (χ0n) is 17.4. The molecule has 0 bridgehead atoms. The Hall–Kier alpha value is -3.12. The van der Waals surface area contributed by atoms with Crippen LogP contribution in [0.15, 0.2) is 48.5 Å². The summed E-state index contributed by atoms with van der Waals surface area (Å²) in [5.74, 6) is -0.126. The number of piperidine rings is 1. The van der Waals surface area contributed by atoms with E-state index in [0.29, 0.717) is 5.56 Å². The van der Waals surface area contributed by atoms with Gasteiger partial charge in [-0.05, 0) is 43.5 Å². The van der Waals surface area contributed by atoms with Crippen molar-refractivity contribution in [2.75, 3.05) is 20.2 Å². The number of benzene rings is 2. The van der Waals surface area contributed by atoms with E-state index in [4.69, 9.17) is 4.74 Å². The van der Waals surface area contributed by atoms with E-state index in [2.05, 4.69) is 27.3 Å². The summed E-state index contributed by atoms with van der Waals surface area (Å²) in [6.07, 6.45) is 1.66. The number of carbonyl (C=O) groups is 2. The molecule has 0 unspecified atom stereocenters. The highest BCUT2D eigenvalue weighted by molar-refractivity contribution is 6.45. The molecule has 0 spiro atoms. The lowest BCUT2D eigenvalue weighted by molar-refractivity contribution is -0.118. The Morgan fingerprint density at radius 2 is 1.90 bits per heavy atom. The van der Waals surface area contributed by atoms with Crippen LogP contribution >= 0.6 is 0 Å².